The predicted octanol–water partition coefficient (Wildman–Crippen LogP) is 5.64. The third-order valence-electron chi connectivity index (χ3n) is 4.97. The number of benzene rings is 2. The van der Waals surface area contributed by atoms with Gasteiger partial charge in [-0.25, -0.2) is 0 Å². The second-order valence-corrected chi connectivity index (χ2v) is 9.14. The van der Waals surface area contributed by atoms with Crippen molar-refractivity contribution >= 4 is 50.3 Å². The molecule has 32 heavy (non-hydrogen) atoms. The summed E-state index contributed by atoms with van der Waals surface area (Å²) in [5.74, 6) is -0.305. The zero-order valence-electron chi connectivity index (χ0n) is 18.0. The first-order valence-electron chi connectivity index (χ1n) is 10.4. The number of nitrogens with zero attached hydrogens (tertiary/aromatic N) is 3. The lowest BCUT2D eigenvalue weighted by molar-refractivity contribution is -0.128. The molecule has 0 bridgehead atoms. The van der Waals surface area contributed by atoms with Gasteiger partial charge in [-0.3, -0.25) is 9.59 Å². The predicted molar refractivity (Wildman–Crippen MR) is 133 cm³/mol. The summed E-state index contributed by atoms with van der Waals surface area (Å²) in [6.45, 7) is 4.34. The van der Waals surface area contributed by atoms with Gasteiger partial charge in [0.25, 0.3) is 0 Å². The maximum Gasteiger partial charge on any atom is 0.246 e. The quantitative estimate of drug-likeness (QED) is 0.376. The highest BCUT2D eigenvalue weighted by atomic mass is 79.9. The third kappa shape index (κ3) is 6.83. The molecule has 8 heteroatoms. The Balaban J connectivity index is 1.57. The molecule has 0 radical (unpaired) electrons. The smallest absolute Gasteiger partial charge is 0.246 e. The van der Waals surface area contributed by atoms with Crippen molar-refractivity contribution in [3.05, 3.63) is 70.7 Å². The summed E-state index contributed by atoms with van der Waals surface area (Å²) in [5, 5.41) is 12.2. The topological polar surface area (TPSA) is 75.2 Å². The van der Waals surface area contributed by atoms with Gasteiger partial charge in [-0.1, -0.05) is 76.7 Å². The molecule has 0 spiro atoms. The fourth-order valence-corrected chi connectivity index (χ4v) is 4.01. The molecule has 1 unspecified atom stereocenters. The number of hydrogen-bond donors (Lipinski definition) is 1. The molecule has 2 amide bonds. The van der Waals surface area contributed by atoms with Gasteiger partial charge in [0, 0.05) is 35.1 Å². The van der Waals surface area contributed by atoms with Crippen LogP contribution in [0.1, 0.15) is 32.3 Å². The second kappa shape index (κ2) is 11.7. The Morgan fingerprint density at radius 1 is 1.12 bits per heavy atom. The maximum atomic E-state index is 12.8. The van der Waals surface area contributed by atoms with Gasteiger partial charge in [0.1, 0.15) is 5.01 Å². The Bertz CT molecular complexity index is 1070. The van der Waals surface area contributed by atoms with E-state index >= 15 is 0 Å². The summed E-state index contributed by atoms with van der Waals surface area (Å²) in [6, 6.07) is 17.4. The van der Waals surface area contributed by atoms with Gasteiger partial charge < -0.3 is 10.2 Å². The average molecular weight is 513 g/mol. The molecule has 1 aromatic heterocycles. The Morgan fingerprint density at radius 2 is 1.84 bits per heavy atom. The van der Waals surface area contributed by atoms with Crippen molar-refractivity contribution in [1.82, 2.24) is 15.1 Å². The highest BCUT2D eigenvalue weighted by Crippen LogP contribution is 2.27. The number of halogens is 1. The first-order valence-corrected chi connectivity index (χ1v) is 12.0. The van der Waals surface area contributed by atoms with E-state index in [0.29, 0.717) is 11.7 Å². The van der Waals surface area contributed by atoms with Crippen LogP contribution >= 0.6 is 27.3 Å². The van der Waals surface area contributed by atoms with Crippen LogP contribution in [-0.4, -0.2) is 39.5 Å². The van der Waals surface area contributed by atoms with Gasteiger partial charge in [-0.15, -0.1) is 10.2 Å². The van der Waals surface area contributed by atoms with E-state index in [1.54, 1.807) is 17.1 Å². The van der Waals surface area contributed by atoms with Crippen molar-refractivity contribution < 1.29 is 9.59 Å². The number of carbonyl (C=O) groups is 2. The zero-order chi connectivity index (χ0) is 22.9. The first-order chi connectivity index (χ1) is 15.5. The minimum atomic E-state index is -0.198. The first kappa shape index (κ1) is 23.8. The largest absolute Gasteiger partial charge is 0.336 e. The molecule has 0 fully saturated rings. The second-order valence-electron chi connectivity index (χ2n) is 7.25. The van der Waals surface area contributed by atoms with Crippen LogP contribution in [0.4, 0.5) is 5.13 Å². The Labute approximate surface area is 200 Å². The van der Waals surface area contributed by atoms with E-state index in [2.05, 4.69) is 31.4 Å². The van der Waals surface area contributed by atoms with Crippen molar-refractivity contribution in [2.75, 3.05) is 11.9 Å². The van der Waals surface area contributed by atoms with Crippen LogP contribution in [0.2, 0.25) is 0 Å². The van der Waals surface area contributed by atoms with Crippen LogP contribution in [0.3, 0.4) is 0 Å². The SMILES string of the molecule is CCC(C)N(CCC(=O)Nc1nnc(-c2ccc(Br)cc2)s1)C(=O)C=Cc1ccccc1. The lowest BCUT2D eigenvalue weighted by atomic mass is 10.1. The van der Waals surface area contributed by atoms with Crippen LogP contribution in [0, 0.1) is 0 Å². The van der Waals surface area contributed by atoms with E-state index in [-0.39, 0.29) is 24.3 Å². The number of rotatable bonds is 9. The number of amides is 2. The van der Waals surface area contributed by atoms with Crippen molar-refractivity contribution in [2.45, 2.75) is 32.7 Å². The van der Waals surface area contributed by atoms with Crippen molar-refractivity contribution in [2.24, 2.45) is 0 Å². The van der Waals surface area contributed by atoms with Crippen LogP contribution in [0.5, 0.6) is 0 Å². The van der Waals surface area contributed by atoms with Gasteiger partial charge in [-0.2, -0.15) is 0 Å². The lowest BCUT2D eigenvalue weighted by Gasteiger charge is -2.27. The fraction of sp³-hybridized carbons (Fsp3) is 0.250. The molecule has 1 heterocycles. The van der Waals surface area contributed by atoms with Gasteiger partial charge in [-0.05, 0) is 37.1 Å². The van der Waals surface area contributed by atoms with Crippen LogP contribution < -0.4 is 5.32 Å². The minimum absolute atomic E-state index is 0.0289. The summed E-state index contributed by atoms with van der Waals surface area (Å²) >= 11 is 4.73. The number of carbonyl (C=O) groups excluding carboxylic acids is 2. The normalized spacial score (nSPS) is 12.0. The van der Waals surface area contributed by atoms with E-state index in [9.17, 15) is 9.59 Å². The van der Waals surface area contributed by atoms with Gasteiger partial charge >= 0.3 is 0 Å². The Kier molecular flexibility index (Phi) is 8.70. The van der Waals surface area contributed by atoms with Crippen molar-refractivity contribution in [1.29, 1.82) is 0 Å². The van der Waals surface area contributed by atoms with Crippen molar-refractivity contribution in [3.8, 4) is 10.6 Å². The maximum absolute atomic E-state index is 12.8. The van der Waals surface area contributed by atoms with Gasteiger partial charge in [0.15, 0.2) is 0 Å². The molecule has 166 valence electrons. The molecule has 0 aliphatic heterocycles. The molecule has 6 nitrogen and oxygen atoms in total. The lowest BCUT2D eigenvalue weighted by Crippen LogP contribution is -2.39. The molecule has 1 N–H and O–H groups in total. The molecular weight excluding hydrogens is 488 g/mol. The minimum Gasteiger partial charge on any atom is -0.336 e. The highest BCUT2D eigenvalue weighted by molar-refractivity contribution is 9.10. The number of hydrogen-bond acceptors (Lipinski definition) is 5. The van der Waals surface area contributed by atoms with Crippen molar-refractivity contribution in [3.63, 3.8) is 0 Å². The standard InChI is InChI=1S/C24H25BrN4O2S/c1-3-17(2)29(22(31)14-9-18-7-5-4-6-8-18)16-15-21(30)26-24-28-27-23(32-24)19-10-12-20(25)13-11-19/h4-14,17H,3,15-16H2,1-2H3,(H,26,28,30). The molecular formula is C24H25BrN4O2S. The summed E-state index contributed by atoms with van der Waals surface area (Å²) in [4.78, 5) is 27.0. The Morgan fingerprint density at radius 3 is 2.53 bits per heavy atom. The van der Waals surface area contributed by atoms with E-state index in [1.807, 2.05) is 68.4 Å². The van der Waals surface area contributed by atoms with Crippen LogP contribution in [0.15, 0.2) is 65.1 Å². The van der Waals surface area contributed by atoms with E-state index in [0.717, 1.165) is 27.0 Å². The third-order valence-corrected chi connectivity index (χ3v) is 6.38. The number of nitrogens with one attached hydrogen (secondary N) is 1. The monoisotopic (exact) mass is 512 g/mol. The van der Waals surface area contributed by atoms with E-state index in [4.69, 9.17) is 0 Å². The summed E-state index contributed by atoms with van der Waals surface area (Å²) in [6.07, 6.45) is 4.35. The highest BCUT2D eigenvalue weighted by Gasteiger charge is 2.18. The molecule has 0 saturated heterocycles. The summed E-state index contributed by atoms with van der Waals surface area (Å²) < 4.78 is 0.985. The average Bonchev–Trinajstić information content (AvgIpc) is 3.27. The summed E-state index contributed by atoms with van der Waals surface area (Å²) in [5.41, 5.74) is 1.89. The molecule has 1 atom stereocenters. The van der Waals surface area contributed by atoms with Gasteiger partial charge in [0.05, 0.1) is 0 Å². The fourth-order valence-electron chi connectivity index (χ4n) is 2.98. The molecule has 0 saturated carbocycles. The molecule has 3 aromatic rings. The molecule has 0 aliphatic rings. The van der Waals surface area contributed by atoms with E-state index < -0.39 is 0 Å². The Hall–Kier alpha value is -2.84. The van der Waals surface area contributed by atoms with Crippen LogP contribution in [-0.2, 0) is 9.59 Å². The van der Waals surface area contributed by atoms with Crippen LogP contribution in [0.25, 0.3) is 16.6 Å². The number of aromatic nitrogens is 2. The molecule has 0 aliphatic carbocycles. The molecule has 2 aromatic carbocycles. The van der Waals surface area contributed by atoms with Gasteiger partial charge in [0.2, 0.25) is 16.9 Å². The summed E-state index contributed by atoms with van der Waals surface area (Å²) in [7, 11) is 0. The molecule has 3 rings (SSSR count). The number of anilines is 1. The van der Waals surface area contributed by atoms with E-state index in [1.165, 1.54) is 11.3 Å². The zero-order valence-corrected chi connectivity index (χ0v) is 20.4.